The van der Waals surface area contributed by atoms with Crippen LogP contribution in [0.4, 0.5) is 0 Å². The molecule has 0 saturated heterocycles. The van der Waals surface area contributed by atoms with Crippen LogP contribution in [0.25, 0.3) is 0 Å². The summed E-state index contributed by atoms with van der Waals surface area (Å²) in [5.74, 6) is -0.280. The average Bonchev–Trinajstić information content (AvgIpc) is 2.55. The van der Waals surface area contributed by atoms with E-state index in [-0.39, 0.29) is 5.97 Å². The van der Waals surface area contributed by atoms with E-state index in [1.54, 1.807) is 4.57 Å². The van der Waals surface area contributed by atoms with Gasteiger partial charge < -0.3 is 9.30 Å². The van der Waals surface area contributed by atoms with Crippen molar-refractivity contribution in [3.63, 3.8) is 0 Å². The van der Waals surface area contributed by atoms with Crippen molar-refractivity contribution in [3.8, 4) is 0 Å². The molecule has 0 amide bonds. The quantitative estimate of drug-likeness (QED) is 0.613. The molecule has 0 aliphatic rings. The van der Waals surface area contributed by atoms with Crippen LogP contribution in [0.3, 0.4) is 0 Å². The molecule has 0 saturated carbocycles. The van der Waals surface area contributed by atoms with Crippen LogP contribution in [0.15, 0.2) is 12.3 Å². The van der Waals surface area contributed by atoms with Crippen LogP contribution >= 0.6 is 15.9 Å². The van der Waals surface area contributed by atoms with Gasteiger partial charge in [-0.05, 0) is 24.5 Å². The van der Waals surface area contributed by atoms with Gasteiger partial charge in [-0.25, -0.2) is 4.79 Å². The Labute approximate surface area is 92.2 Å². The molecule has 1 aromatic rings. The molecule has 3 nitrogen and oxygen atoms in total. The Balaban J connectivity index is 2.77. The Morgan fingerprint density at radius 2 is 2.36 bits per heavy atom. The summed E-state index contributed by atoms with van der Waals surface area (Å²) in [5.41, 5.74) is 1.78. The molecule has 1 aromatic heterocycles. The molecule has 1 rings (SSSR count). The molecule has 78 valence electrons. The number of aryl methyl sites for hydroxylation is 2. The summed E-state index contributed by atoms with van der Waals surface area (Å²) in [7, 11) is 3.25. The van der Waals surface area contributed by atoms with Crippen molar-refractivity contribution < 1.29 is 9.53 Å². The van der Waals surface area contributed by atoms with E-state index < -0.39 is 0 Å². The number of methoxy groups -OCH3 is 1. The number of hydrogen-bond donors (Lipinski definition) is 0. The van der Waals surface area contributed by atoms with Gasteiger partial charge in [-0.2, -0.15) is 0 Å². The average molecular weight is 260 g/mol. The fourth-order valence-corrected chi connectivity index (χ4v) is 1.63. The molecule has 4 heteroatoms. The highest BCUT2D eigenvalue weighted by Gasteiger charge is 2.11. The lowest BCUT2D eigenvalue weighted by Gasteiger charge is -1.98. The van der Waals surface area contributed by atoms with Gasteiger partial charge in [0.15, 0.2) is 0 Å². The third kappa shape index (κ3) is 2.61. The first-order chi connectivity index (χ1) is 6.69. The molecular formula is C10H14BrNO2. The summed E-state index contributed by atoms with van der Waals surface area (Å²) in [6.45, 7) is 0. The minimum atomic E-state index is -0.280. The van der Waals surface area contributed by atoms with Crippen molar-refractivity contribution in [1.82, 2.24) is 4.57 Å². The molecule has 0 aliphatic heterocycles. The molecule has 0 aliphatic carbocycles. The van der Waals surface area contributed by atoms with E-state index in [4.69, 9.17) is 0 Å². The molecule has 14 heavy (non-hydrogen) atoms. The van der Waals surface area contributed by atoms with Crippen molar-refractivity contribution in [1.29, 1.82) is 0 Å². The van der Waals surface area contributed by atoms with Gasteiger partial charge in [-0.3, -0.25) is 0 Å². The zero-order valence-corrected chi connectivity index (χ0v) is 10.0. The number of halogens is 1. The van der Waals surface area contributed by atoms with Crippen LogP contribution in [0, 0.1) is 0 Å². The van der Waals surface area contributed by atoms with Gasteiger partial charge in [0.05, 0.1) is 7.11 Å². The molecule has 0 spiro atoms. The first-order valence-corrected chi connectivity index (χ1v) is 5.60. The Morgan fingerprint density at radius 3 is 2.93 bits per heavy atom. The predicted octanol–water partition coefficient (Wildman–Crippen LogP) is 2.14. The highest BCUT2D eigenvalue weighted by atomic mass is 79.9. The van der Waals surface area contributed by atoms with E-state index in [0.717, 1.165) is 18.2 Å². The maximum absolute atomic E-state index is 11.3. The normalized spacial score (nSPS) is 10.2. The van der Waals surface area contributed by atoms with Crippen molar-refractivity contribution in [2.45, 2.75) is 12.8 Å². The number of esters is 1. The van der Waals surface area contributed by atoms with E-state index in [0.29, 0.717) is 5.69 Å². The Bertz CT molecular complexity index is 320. The fourth-order valence-electron chi connectivity index (χ4n) is 1.35. The number of carbonyl (C=O) groups is 1. The number of alkyl halides is 1. The van der Waals surface area contributed by atoms with Crippen LogP contribution in [0.1, 0.15) is 22.5 Å². The second kappa shape index (κ2) is 5.20. The van der Waals surface area contributed by atoms with Crippen molar-refractivity contribution in [2.24, 2.45) is 7.05 Å². The SMILES string of the molecule is COC(=O)c1cc(CCCBr)cn1C. The van der Waals surface area contributed by atoms with Crippen LogP contribution < -0.4 is 0 Å². The van der Waals surface area contributed by atoms with E-state index in [1.807, 2.05) is 19.3 Å². The lowest BCUT2D eigenvalue weighted by molar-refractivity contribution is 0.0590. The third-order valence-corrected chi connectivity index (χ3v) is 2.62. The number of ether oxygens (including phenoxy) is 1. The Morgan fingerprint density at radius 1 is 1.64 bits per heavy atom. The lowest BCUT2D eigenvalue weighted by atomic mass is 10.2. The second-order valence-electron chi connectivity index (χ2n) is 3.13. The lowest BCUT2D eigenvalue weighted by Crippen LogP contribution is -2.06. The van der Waals surface area contributed by atoms with Gasteiger partial charge in [0.1, 0.15) is 5.69 Å². The molecule has 0 atom stereocenters. The zero-order chi connectivity index (χ0) is 10.6. The summed E-state index contributed by atoms with van der Waals surface area (Å²) in [4.78, 5) is 11.3. The van der Waals surface area contributed by atoms with E-state index in [9.17, 15) is 4.79 Å². The van der Waals surface area contributed by atoms with Gasteiger partial charge in [0.2, 0.25) is 0 Å². The number of carbonyl (C=O) groups excluding carboxylic acids is 1. The minimum Gasteiger partial charge on any atom is -0.464 e. The minimum absolute atomic E-state index is 0.280. The van der Waals surface area contributed by atoms with Crippen LogP contribution in [0.2, 0.25) is 0 Å². The molecule has 0 fully saturated rings. The summed E-state index contributed by atoms with van der Waals surface area (Å²) < 4.78 is 6.47. The topological polar surface area (TPSA) is 31.2 Å². The third-order valence-electron chi connectivity index (χ3n) is 2.06. The van der Waals surface area contributed by atoms with Gasteiger partial charge in [-0.15, -0.1) is 0 Å². The van der Waals surface area contributed by atoms with Crippen LogP contribution in [-0.4, -0.2) is 23.0 Å². The summed E-state index contributed by atoms with van der Waals surface area (Å²) in [5, 5.41) is 0.982. The van der Waals surface area contributed by atoms with Gasteiger partial charge in [0.25, 0.3) is 0 Å². The standard InChI is InChI=1S/C10H14BrNO2/c1-12-7-8(4-3-5-11)6-9(12)10(13)14-2/h6-7H,3-5H2,1-2H3. The molecular weight excluding hydrogens is 246 g/mol. The van der Waals surface area contributed by atoms with E-state index in [1.165, 1.54) is 12.7 Å². The van der Waals surface area contributed by atoms with Crippen molar-refractivity contribution in [2.75, 3.05) is 12.4 Å². The van der Waals surface area contributed by atoms with Gasteiger partial charge in [-0.1, -0.05) is 15.9 Å². The Kier molecular flexibility index (Phi) is 4.20. The van der Waals surface area contributed by atoms with Crippen molar-refractivity contribution >= 4 is 21.9 Å². The number of aromatic nitrogens is 1. The Hall–Kier alpha value is -0.770. The second-order valence-corrected chi connectivity index (χ2v) is 3.92. The molecule has 0 N–H and O–H groups in total. The van der Waals surface area contributed by atoms with Gasteiger partial charge in [0, 0.05) is 18.6 Å². The molecule has 0 unspecified atom stereocenters. The largest absolute Gasteiger partial charge is 0.464 e. The number of hydrogen-bond acceptors (Lipinski definition) is 2. The van der Waals surface area contributed by atoms with Crippen molar-refractivity contribution in [3.05, 3.63) is 23.5 Å². The first-order valence-electron chi connectivity index (χ1n) is 4.48. The monoisotopic (exact) mass is 259 g/mol. The van der Waals surface area contributed by atoms with Crippen LogP contribution in [0.5, 0.6) is 0 Å². The molecule has 1 heterocycles. The number of rotatable bonds is 4. The summed E-state index contributed by atoms with van der Waals surface area (Å²) >= 11 is 3.38. The maximum Gasteiger partial charge on any atom is 0.354 e. The molecule has 0 radical (unpaired) electrons. The predicted molar refractivity (Wildman–Crippen MR) is 58.9 cm³/mol. The number of nitrogens with zero attached hydrogens (tertiary/aromatic N) is 1. The van der Waals surface area contributed by atoms with E-state index >= 15 is 0 Å². The molecule has 0 aromatic carbocycles. The smallest absolute Gasteiger partial charge is 0.354 e. The van der Waals surface area contributed by atoms with Gasteiger partial charge >= 0.3 is 5.97 Å². The molecule has 0 bridgehead atoms. The highest BCUT2D eigenvalue weighted by Crippen LogP contribution is 2.11. The zero-order valence-electron chi connectivity index (χ0n) is 8.42. The summed E-state index contributed by atoms with van der Waals surface area (Å²) in [6.07, 6.45) is 4.02. The van der Waals surface area contributed by atoms with Crippen LogP contribution in [-0.2, 0) is 18.2 Å². The maximum atomic E-state index is 11.3. The highest BCUT2D eigenvalue weighted by molar-refractivity contribution is 9.09. The summed E-state index contributed by atoms with van der Waals surface area (Å²) in [6, 6.07) is 1.88. The fraction of sp³-hybridized carbons (Fsp3) is 0.500. The first kappa shape index (κ1) is 11.3. The van der Waals surface area contributed by atoms with E-state index in [2.05, 4.69) is 20.7 Å².